The maximum absolute atomic E-state index is 12.7. The Balaban J connectivity index is 1.56. The van der Waals surface area contributed by atoms with Gasteiger partial charge in [-0.1, -0.05) is 23.8 Å². The molecular weight excluding hydrogens is 354 g/mol. The lowest BCUT2D eigenvalue weighted by Gasteiger charge is -2.33. The number of hydrogen-bond donors (Lipinski definition) is 1. The minimum absolute atomic E-state index is 0.0392. The van der Waals surface area contributed by atoms with Crippen LogP contribution in [0.15, 0.2) is 48.3 Å². The van der Waals surface area contributed by atoms with E-state index in [1.807, 2.05) is 53.9 Å². The fourth-order valence-corrected chi connectivity index (χ4v) is 3.81. The molecule has 1 fully saturated rings. The number of aliphatic hydroxyl groups is 1. The van der Waals surface area contributed by atoms with Gasteiger partial charge in [0.15, 0.2) is 0 Å². The van der Waals surface area contributed by atoms with Gasteiger partial charge in [-0.3, -0.25) is 4.79 Å². The number of aryl methyl sites for hydroxylation is 1. The molecule has 0 saturated carbocycles. The predicted molar refractivity (Wildman–Crippen MR) is 108 cm³/mol. The molecular formula is C22H29N3O3. The first-order chi connectivity index (χ1) is 13.5. The molecule has 1 aromatic carbocycles. The third-order valence-corrected chi connectivity index (χ3v) is 5.45. The van der Waals surface area contributed by atoms with Crippen LogP contribution >= 0.6 is 0 Å². The number of para-hydroxylation sites is 1. The summed E-state index contributed by atoms with van der Waals surface area (Å²) in [5, 5.41) is 10.6. The number of aliphatic hydroxyl groups excluding tert-OH is 1. The number of rotatable bonds is 6. The zero-order chi connectivity index (χ0) is 20.1. The molecule has 1 aliphatic heterocycles. The number of methoxy groups -OCH3 is 1. The number of carbonyl (C=O) groups is 1. The molecule has 0 bridgehead atoms. The molecule has 2 aromatic rings. The number of benzene rings is 1. The van der Waals surface area contributed by atoms with Gasteiger partial charge in [-0.2, -0.15) is 0 Å². The lowest BCUT2D eigenvalue weighted by molar-refractivity contribution is -0.128. The summed E-state index contributed by atoms with van der Waals surface area (Å²) >= 11 is 0. The van der Waals surface area contributed by atoms with Crippen LogP contribution in [0.25, 0.3) is 0 Å². The van der Waals surface area contributed by atoms with Crippen LogP contribution < -0.4 is 4.74 Å². The Morgan fingerprint density at radius 1 is 1.36 bits per heavy atom. The Bertz CT molecular complexity index is 835. The molecule has 6 heteroatoms. The second kappa shape index (κ2) is 9.06. The Kier molecular flexibility index (Phi) is 6.52. The third-order valence-electron chi connectivity index (χ3n) is 5.45. The highest BCUT2D eigenvalue weighted by atomic mass is 16.5. The van der Waals surface area contributed by atoms with E-state index in [1.165, 1.54) is 0 Å². The number of hydrogen-bond acceptors (Lipinski definition) is 4. The highest BCUT2D eigenvalue weighted by molar-refractivity contribution is 5.88. The minimum Gasteiger partial charge on any atom is -0.496 e. The SMILES string of the molecule is COc1ccccc1CC(C)=CC(=O)N1CCC(C(O)c2nccn2C)CC1. The van der Waals surface area contributed by atoms with Crippen molar-refractivity contribution in [1.29, 1.82) is 0 Å². The number of ether oxygens (including phenoxy) is 1. The van der Waals surface area contributed by atoms with E-state index >= 15 is 0 Å². The molecule has 0 radical (unpaired) electrons. The van der Waals surface area contributed by atoms with Crippen LogP contribution in [0.1, 0.15) is 37.3 Å². The van der Waals surface area contributed by atoms with Gasteiger partial charge in [-0.15, -0.1) is 0 Å². The van der Waals surface area contributed by atoms with Crippen molar-refractivity contribution in [1.82, 2.24) is 14.5 Å². The van der Waals surface area contributed by atoms with Crippen molar-refractivity contribution >= 4 is 5.91 Å². The van der Waals surface area contributed by atoms with Gasteiger partial charge in [0.2, 0.25) is 5.91 Å². The second-order valence-electron chi connectivity index (χ2n) is 7.48. The molecule has 1 N–H and O–H groups in total. The number of imidazole rings is 1. The van der Waals surface area contributed by atoms with E-state index in [1.54, 1.807) is 19.4 Å². The predicted octanol–water partition coefficient (Wildman–Crippen LogP) is 2.89. The van der Waals surface area contributed by atoms with E-state index in [-0.39, 0.29) is 11.8 Å². The number of piperidine rings is 1. The van der Waals surface area contributed by atoms with E-state index in [9.17, 15) is 9.90 Å². The minimum atomic E-state index is -0.583. The van der Waals surface area contributed by atoms with Gasteiger partial charge < -0.3 is 19.3 Å². The quantitative estimate of drug-likeness (QED) is 0.779. The number of amides is 1. The average molecular weight is 383 g/mol. The van der Waals surface area contributed by atoms with Crippen LogP contribution in [0.5, 0.6) is 5.75 Å². The molecule has 0 spiro atoms. The fourth-order valence-electron chi connectivity index (χ4n) is 3.81. The molecule has 1 atom stereocenters. The molecule has 1 aromatic heterocycles. The molecule has 1 unspecified atom stereocenters. The summed E-state index contributed by atoms with van der Waals surface area (Å²) < 4.78 is 7.24. The number of nitrogens with zero attached hydrogens (tertiary/aromatic N) is 3. The number of carbonyl (C=O) groups excluding carboxylic acids is 1. The largest absolute Gasteiger partial charge is 0.496 e. The second-order valence-corrected chi connectivity index (χ2v) is 7.48. The summed E-state index contributed by atoms with van der Waals surface area (Å²) in [5.41, 5.74) is 2.08. The van der Waals surface area contributed by atoms with E-state index in [2.05, 4.69) is 4.98 Å². The third kappa shape index (κ3) is 4.62. The maximum Gasteiger partial charge on any atom is 0.246 e. The Morgan fingerprint density at radius 2 is 2.07 bits per heavy atom. The van der Waals surface area contributed by atoms with Crippen molar-refractivity contribution < 1.29 is 14.6 Å². The maximum atomic E-state index is 12.7. The molecule has 2 heterocycles. The van der Waals surface area contributed by atoms with E-state index in [0.29, 0.717) is 25.3 Å². The van der Waals surface area contributed by atoms with Crippen LogP contribution in [0.3, 0.4) is 0 Å². The molecule has 150 valence electrons. The lowest BCUT2D eigenvalue weighted by atomic mass is 9.90. The molecule has 28 heavy (non-hydrogen) atoms. The lowest BCUT2D eigenvalue weighted by Crippen LogP contribution is -2.39. The van der Waals surface area contributed by atoms with Crippen molar-refractivity contribution in [2.24, 2.45) is 13.0 Å². The van der Waals surface area contributed by atoms with Gasteiger partial charge in [0, 0.05) is 38.6 Å². The first-order valence-electron chi connectivity index (χ1n) is 9.73. The van der Waals surface area contributed by atoms with Crippen molar-refractivity contribution in [3.05, 3.63) is 59.7 Å². The molecule has 6 nitrogen and oxygen atoms in total. The summed E-state index contributed by atoms with van der Waals surface area (Å²) in [6.45, 7) is 3.29. The molecule has 0 aliphatic carbocycles. The Morgan fingerprint density at radius 3 is 2.71 bits per heavy atom. The van der Waals surface area contributed by atoms with Gasteiger partial charge in [0.05, 0.1) is 7.11 Å². The molecule has 3 rings (SSSR count). The highest BCUT2D eigenvalue weighted by Gasteiger charge is 2.29. The van der Waals surface area contributed by atoms with Crippen molar-refractivity contribution in [3.8, 4) is 5.75 Å². The van der Waals surface area contributed by atoms with Crippen LogP contribution in [-0.2, 0) is 18.3 Å². The van der Waals surface area contributed by atoms with Gasteiger partial charge in [0.1, 0.15) is 17.7 Å². The standard InChI is InChI=1S/C22H29N3O3/c1-16(14-18-6-4-5-7-19(18)28-3)15-20(26)25-11-8-17(9-12-25)21(27)22-23-10-13-24(22)2/h4-7,10,13,15,17,21,27H,8-9,11-12,14H2,1-3H3. The van der Waals surface area contributed by atoms with Crippen LogP contribution in [-0.4, -0.2) is 45.7 Å². The van der Waals surface area contributed by atoms with Gasteiger partial charge in [-0.25, -0.2) is 4.98 Å². The Hall–Kier alpha value is -2.60. The summed E-state index contributed by atoms with van der Waals surface area (Å²) in [4.78, 5) is 18.8. The van der Waals surface area contributed by atoms with Gasteiger partial charge in [0.25, 0.3) is 0 Å². The first-order valence-corrected chi connectivity index (χ1v) is 9.73. The first kappa shape index (κ1) is 20.1. The smallest absolute Gasteiger partial charge is 0.246 e. The normalized spacial score (nSPS) is 16.9. The summed E-state index contributed by atoms with van der Waals surface area (Å²) in [6, 6.07) is 7.87. The summed E-state index contributed by atoms with van der Waals surface area (Å²) in [5.74, 6) is 1.70. The molecule has 1 saturated heterocycles. The van der Waals surface area contributed by atoms with Crippen molar-refractivity contribution in [3.63, 3.8) is 0 Å². The zero-order valence-electron chi connectivity index (χ0n) is 16.8. The fraction of sp³-hybridized carbons (Fsp3) is 0.455. The highest BCUT2D eigenvalue weighted by Crippen LogP contribution is 2.30. The van der Waals surface area contributed by atoms with Crippen molar-refractivity contribution in [2.45, 2.75) is 32.3 Å². The van der Waals surface area contributed by atoms with E-state index < -0.39 is 6.10 Å². The summed E-state index contributed by atoms with van der Waals surface area (Å²) in [6.07, 6.45) is 6.92. The zero-order valence-corrected chi connectivity index (χ0v) is 16.8. The number of aromatic nitrogens is 2. The topological polar surface area (TPSA) is 67.6 Å². The van der Waals surface area contributed by atoms with Crippen LogP contribution in [0, 0.1) is 5.92 Å². The van der Waals surface area contributed by atoms with Gasteiger partial charge in [-0.05, 0) is 43.7 Å². The molecule has 1 aliphatic rings. The monoisotopic (exact) mass is 383 g/mol. The van der Waals surface area contributed by atoms with Gasteiger partial charge >= 0.3 is 0 Å². The Labute approximate surface area is 166 Å². The van der Waals surface area contributed by atoms with E-state index in [4.69, 9.17) is 4.74 Å². The van der Waals surface area contributed by atoms with Crippen LogP contribution in [0.2, 0.25) is 0 Å². The van der Waals surface area contributed by atoms with E-state index in [0.717, 1.165) is 29.7 Å². The number of likely N-dealkylation sites (tertiary alicyclic amines) is 1. The van der Waals surface area contributed by atoms with Crippen LogP contribution in [0.4, 0.5) is 0 Å². The average Bonchev–Trinajstić information content (AvgIpc) is 3.13. The molecule has 1 amide bonds. The number of allylic oxidation sites excluding steroid dienone is 1. The van der Waals surface area contributed by atoms with Crippen molar-refractivity contribution in [2.75, 3.05) is 20.2 Å². The summed E-state index contributed by atoms with van der Waals surface area (Å²) in [7, 11) is 3.55.